The van der Waals surface area contributed by atoms with Crippen LogP contribution in [0.3, 0.4) is 0 Å². The van der Waals surface area contributed by atoms with E-state index < -0.39 is 0 Å². The Kier molecular flexibility index (Phi) is 8.73. The van der Waals surface area contributed by atoms with Gasteiger partial charge in [0.15, 0.2) is 11.8 Å². The normalized spacial score (nSPS) is 14.6. The third-order valence-corrected chi connectivity index (χ3v) is 5.45. The molecule has 8 heteroatoms. The smallest absolute Gasteiger partial charge is 0.194 e. The van der Waals surface area contributed by atoms with Gasteiger partial charge in [0.2, 0.25) is 0 Å². The maximum absolute atomic E-state index is 4.88. The standard InChI is InChI=1S/C21H33N7.HI/c1-16-24-25-20(28(16)5)14-22-21(23-18-10-6-7-11-18)27(4)15-17-9-8-12-19(13-17)26(2)3;/h8-9,12-13,18H,6-7,10-11,14-15H2,1-5H3,(H,22,23);1H. The number of nitrogens with zero attached hydrogens (tertiary/aromatic N) is 6. The van der Waals surface area contributed by atoms with E-state index in [1.807, 2.05) is 18.5 Å². The highest BCUT2D eigenvalue weighted by molar-refractivity contribution is 14.0. The Balaban J connectivity index is 0.00000300. The number of aliphatic imine (C=N–C) groups is 1. The SMILES string of the molecule is Cc1nnc(CN=C(NC2CCCC2)N(C)Cc2cccc(N(C)C)c2)n1C.I. The van der Waals surface area contributed by atoms with E-state index in [1.54, 1.807) is 0 Å². The van der Waals surface area contributed by atoms with Crippen molar-refractivity contribution in [2.75, 3.05) is 26.0 Å². The molecule has 1 heterocycles. The topological polar surface area (TPSA) is 61.6 Å². The largest absolute Gasteiger partial charge is 0.378 e. The summed E-state index contributed by atoms with van der Waals surface area (Å²) in [5, 5.41) is 12.1. The molecule has 1 aliphatic carbocycles. The molecule has 3 rings (SSSR count). The van der Waals surface area contributed by atoms with Crippen LogP contribution in [0.1, 0.15) is 42.9 Å². The molecule has 0 spiro atoms. The zero-order valence-electron chi connectivity index (χ0n) is 18.2. The Morgan fingerprint density at radius 1 is 1.21 bits per heavy atom. The summed E-state index contributed by atoms with van der Waals surface area (Å²) in [5.41, 5.74) is 2.48. The van der Waals surface area contributed by atoms with Crippen molar-refractivity contribution in [3.05, 3.63) is 41.5 Å². The number of hydrogen-bond donors (Lipinski definition) is 1. The predicted octanol–water partition coefficient (Wildman–Crippen LogP) is 3.33. The van der Waals surface area contributed by atoms with Gasteiger partial charge in [-0.3, -0.25) is 0 Å². The van der Waals surface area contributed by atoms with Crippen LogP contribution < -0.4 is 10.2 Å². The van der Waals surface area contributed by atoms with Crippen LogP contribution in [0.25, 0.3) is 0 Å². The number of anilines is 1. The van der Waals surface area contributed by atoms with Crippen LogP contribution in [0.15, 0.2) is 29.3 Å². The van der Waals surface area contributed by atoms with Crippen LogP contribution in [0.4, 0.5) is 5.69 Å². The van der Waals surface area contributed by atoms with E-state index in [1.165, 1.54) is 36.9 Å². The van der Waals surface area contributed by atoms with Gasteiger partial charge in [0.05, 0.1) is 0 Å². The number of benzene rings is 1. The molecule has 0 unspecified atom stereocenters. The molecule has 0 radical (unpaired) electrons. The van der Waals surface area contributed by atoms with Gasteiger partial charge in [-0.15, -0.1) is 34.2 Å². The number of halogens is 1. The minimum atomic E-state index is 0. The second-order valence-corrected chi connectivity index (χ2v) is 7.91. The summed E-state index contributed by atoms with van der Waals surface area (Å²) < 4.78 is 2.00. The Morgan fingerprint density at radius 2 is 1.93 bits per heavy atom. The fourth-order valence-electron chi connectivity index (χ4n) is 3.55. The van der Waals surface area contributed by atoms with E-state index in [9.17, 15) is 0 Å². The predicted molar refractivity (Wildman–Crippen MR) is 130 cm³/mol. The molecule has 0 bridgehead atoms. The lowest BCUT2D eigenvalue weighted by Gasteiger charge is -2.26. The zero-order chi connectivity index (χ0) is 20.1. The van der Waals surface area contributed by atoms with Crippen LogP contribution in [-0.2, 0) is 20.1 Å². The molecule has 1 aromatic carbocycles. The second kappa shape index (κ2) is 10.8. The third kappa shape index (κ3) is 6.32. The Bertz CT molecular complexity index is 809. The van der Waals surface area contributed by atoms with E-state index in [4.69, 9.17) is 4.99 Å². The molecule has 1 saturated carbocycles. The fraction of sp³-hybridized carbons (Fsp3) is 0.571. The van der Waals surface area contributed by atoms with Gasteiger partial charge < -0.3 is 19.7 Å². The maximum Gasteiger partial charge on any atom is 0.194 e. The first kappa shape index (κ1) is 23.4. The molecular weight excluding hydrogens is 477 g/mol. The Hall–Kier alpha value is -1.84. The highest BCUT2D eigenvalue weighted by Crippen LogP contribution is 2.19. The third-order valence-electron chi connectivity index (χ3n) is 5.45. The molecule has 1 fully saturated rings. The van der Waals surface area contributed by atoms with Gasteiger partial charge >= 0.3 is 0 Å². The van der Waals surface area contributed by atoms with E-state index in [0.717, 1.165) is 24.2 Å². The van der Waals surface area contributed by atoms with Crippen molar-refractivity contribution in [2.24, 2.45) is 12.0 Å². The van der Waals surface area contributed by atoms with Crippen LogP contribution in [-0.4, -0.2) is 52.8 Å². The molecule has 7 nitrogen and oxygen atoms in total. The number of aryl methyl sites for hydroxylation is 1. The first-order chi connectivity index (χ1) is 13.4. The molecule has 1 N–H and O–H groups in total. The van der Waals surface area contributed by atoms with Crippen molar-refractivity contribution in [1.82, 2.24) is 25.0 Å². The molecule has 2 aromatic rings. The molecule has 0 saturated heterocycles. The van der Waals surface area contributed by atoms with E-state index in [2.05, 4.69) is 70.7 Å². The van der Waals surface area contributed by atoms with Crippen molar-refractivity contribution >= 4 is 35.6 Å². The summed E-state index contributed by atoms with van der Waals surface area (Å²) in [5.74, 6) is 2.72. The van der Waals surface area contributed by atoms with Crippen LogP contribution in [0, 0.1) is 6.92 Å². The minimum Gasteiger partial charge on any atom is -0.378 e. The lowest BCUT2D eigenvalue weighted by Crippen LogP contribution is -2.43. The average molecular weight is 511 g/mol. The maximum atomic E-state index is 4.88. The Morgan fingerprint density at radius 3 is 2.55 bits per heavy atom. The second-order valence-electron chi connectivity index (χ2n) is 7.91. The van der Waals surface area contributed by atoms with Crippen LogP contribution in [0.5, 0.6) is 0 Å². The highest BCUT2D eigenvalue weighted by Gasteiger charge is 2.18. The molecular formula is C21H34IN7. The lowest BCUT2D eigenvalue weighted by molar-refractivity contribution is 0.456. The highest BCUT2D eigenvalue weighted by atomic mass is 127. The van der Waals surface area contributed by atoms with E-state index in [-0.39, 0.29) is 24.0 Å². The summed E-state index contributed by atoms with van der Waals surface area (Å²) in [6.07, 6.45) is 5.02. The van der Waals surface area contributed by atoms with Gasteiger partial charge in [0.1, 0.15) is 12.4 Å². The molecule has 160 valence electrons. The van der Waals surface area contributed by atoms with Crippen molar-refractivity contribution in [1.29, 1.82) is 0 Å². The van der Waals surface area contributed by atoms with Crippen LogP contribution in [0.2, 0.25) is 0 Å². The summed E-state index contributed by atoms with van der Waals surface area (Å²) >= 11 is 0. The van der Waals surface area contributed by atoms with Gasteiger partial charge in [0, 0.05) is 46.5 Å². The number of aromatic nitrogens is 3. The number of rotatable bonds is 6. The van der Waals surface area contributed by atoms with Crippen molar-refractivity contribution in [2.45, 2.75) is 51.7 Å². The van der Waals surface area contributed by atoms with Gasteiger partial charge in [0.25, 0.3) is 0 Å². The molecule has 29 heavy (non-hydrogen) atoms. The molecule has 1 aliphatic rings. The quantitative estimate of drug-likeness (QED) is 0.367. The van der Waals surface area contributed by atoms with Gasteiger partial charge in [-0.05, 0) is 37.5 Å². The monoisotopic (exact) mass is 511 g/mol. The first-order valence-electron chi connectivity index (χ1n) is 10.1. The fourth-order valence-corrected chi connectivity index (χ4v) is 3.55. The van der Waals surface area contributed by atoms with Gasteiger partial charge in [-0.25, -0.2) is 4.99 Å². The van der Waals surface area contributed by atoms with Crippen LogP contribution >= 0.6 is 24.0 Å². The van der Waals surface area contributed by atoms with Gasteiger partial charge in [-0.2, -0.15) is 0 Å². The minimum absolute atomic E-state index is 0. The summed E-state index contributed by atoms with van der Waals surface area (Å²) in [4.78, 5) is 9.22. The number of guanidine groups is 1. The van der Waals surface area contributed by atoms with Gasteiger partial charge in [-0.1, -0.05) is 25.0 Å². The molecule has 0 amide bonds. The zero-order valence-corrected chi connectivity index (χ0v) is 20.6. The first-order valence-corrected chi connectivity index (χ1v) is 10.1. The van der Waals surface area contributed by atoms with E-state index in [0.29, 0.717) is 12.6 Å². The van der Waals surface area contributed by atoms with Crippen molar-refractivity contribution in [3.8, 4) is 0 Å². The molecule has 0 aliphatic heterocycles. The summed E-state index contributed by atoms with van der Waals surface area (Å²) in [6, 6.07) is 9.15. The lowest BCUT2D eigenvalue weighted by atomic mass is 10.2. The summed E-state index contributed by atoms with van der Waals surface area (Å²) in [7, 11) is 8.23. The molecule has 0 atom stereocenters. The van der Waals surface area contributed by atoms with Crippen molar-refractivity contribution in [3.63, 3.8) is 0 Å². The summed E-state index contributed by atoms with van der Waals surface area (Å²) in [6.45, 7) is 3.29. The number of nitrogens with one attached hydrogen (secondary N) is 1. The Labute approximate surface area is 191 Å². The molecule has 1 aromatic heterocycles. The number of hydrogen-bond acceptors (Lipinski definition) is 4. The average Bonchev–Trinajstić information content (AvgIpc) is 3.30. The van der Waals surface area contributed by atoms with Crippen molar-refractivity contribution < 1.29 is 0 Å². The van der Waals surface area contributed by atoms with E-state index >= 15 is 0 Å².